The molecule has 1 unspecified atom stereocenters. The summed E-state index contributed by atoms with van der Waals surface area (Å²) in [4.78, 5) is 14.5. The molecule has 7 heteroatoms. The van der Waals surface area contributed by atoms with Gasteiger partial charge in [0.1, 0.15) is 0 Å². The van der Waals surface area contributed by atoms with Gasteiger partial charge in [-0.2, -0.15) is 13.2 Å². The fraction of sp³-hybridized carbons (Fsp3) is 0.632. The smallest absolute Gasteiger partial charge is 0.379 e. The van der Waals surface area contributed by atoms with Gasteiger partial charge in [0.25, 0.3) is 0 Å². The van der Waals surface area contributed by atoms with Crippen molar-refractivity contribution < 1.29 is 22.7 Å². The van der Waals surface area contributed by atoms with Crippen molar-refractivity contribution in [2.24, 2.45) is 5.92 Å². The average Bonchev–Trinajstić information content (AvgIpc) is 2.58. The second kappa shape index (κ2) is 9.37. The Bertz CT molecular complexity index is 584. The number of alkyl halides is 3. The van der Waals surface area contributed by atoms with Crippen LogP contribution < -0.4 is 5.32 Å². The molecular formula is C19H27F3N2O2. The molecule has 0 saturated carbocycles. The van der Waals surface area contributed by atoms with E-state index in [2.05, 4.69) is 24.1 Å². The van der Waals surface area contributed by atoms with E-state index in [-0.39, 0.29) is 18.4 Å². The molecule has 1 N–H and O–H groups in total. The van der Waals surface area contributed by atoms with Gasteiger partial charge in [0, 0.05) is 25.7 Å². The number of morpholine rings is 1. The number of hydrogen-bond acceptors (Lipinski definition) is 3. The Labute approximate surface area is 152 Å². The van der Waals surface area contributed by atoms with Crippen LogP contribution in [0.15, 0.2) is 24.3 Å². The molecule has 1 aliphatic rings. The molecule has 0 aromatic heterocycles. The molecule has 1 aromatic carbocycles. The van der Waals surface area contributed by atoms with E-state index in [4.69, 9.17) is 4.74 Å². The second-order valence-electron chi connectivity index (χ2n) is 7.11. The van der Waals surface area contributed by atoms with Crippen molar-refractivity contribution >= 4 is 5.91 Å². The van der Waals surface area contributed by atoms with Crippen LogP contribution in [0.3, 0.4) is 0 Å². The van der Waals surface area contributed by atoms with E-state index in [9.17, 15) is 18.0 Å². The van der Waals surface area contributed by atoms with Gasteiger partial charge in [-0.1, -0.05) is 32.0 Å². The first-order chi connectivity index (χ1) is 12.3. The van der Waals surface area contributed by atoms with Crippen LogP contribution >= 0.6 is 0 Å². The maximum absolute atomic E-state index is 12.8. The quantitative estimate of drug-likeness (QED) is 0.800. The van der Waals surface area contributed by atoms with Gasteiger partial charge in [-0.25, -0.2) is 0 Å². The summed E-state index contributed by atoms with van der Waals surface area (Å²) in [5.74, 6) is 0.231. The third-order valence-corrected chi connectivity index (χ3v) is 4.46. The molecule has 4 nitrogen and oxygen atoms in total. The highest BCUT2D eigenvalue weighted by Gasteiger charge is 2.30. The number of amides is 1. The first-order valence-corrected chi connectivity index (χ1v) is 9.00. The van der Waals surface area contributed by atoms with E-state index < -0.39 is 11.7 Å². The van der Waals surface area contributed by atoms with Crippen molar-refractivity contribution in [3.05, 3.63) is 35.4 Å². The molecule has 2 rings (SSSR count). The highest BCUT2D eigenvalue weighted by atomic mass is 19.4. The Hall–Kier alpha value is -1.60. The van der Waals surface area contributed by atoms with Gasteiger partial charge < -0.3 is 10.1 Å². The largest absolute Gasteiger partial charge is 0.416 e. The number of carbonyl (C=O) groups excluding carboxylic acids is 1. The Morgan fingerprint density at radius 3 is 2.58 bits per heavy atom. The molecule has 1 aliphatic heterocycles. The third-order valence-electron chi connectivity index (χ3n) is 4.46. The van der Waals surface area contributed by atoms with E-state index in [0.29, 0.717) is 31.2 Å². The molecule has 0 bridgehead atoms. The summed E-state index contributed by atoms with van der Waals surface area (Å²) in [6.07, 6.45) is -3.50. The zero-order valence-electron chi connectivity index (χ0n) is 15.3. The lowest BCUT2D eigenvalue weighted by Gasteiger charge is -2.35. The normalized spacial score (nSPS) is 17.3. The first kappa shape index (κ1) is 20.7. The molecule has 0 aliphatic carbocycles. The fourth-order valence-corrected chi connectivity index (χ4v) is 3.19. The number of ether oxygens (including phenoxy) is 1. The van der Waals surface area contributed by atoms with Crippen molar-refractivity contribution in [2.45, 2.75) is 38.9 Å². The Morgan fingerprint density at radius 2 is 1.96 bits per heavy atom. The summed E-state index contributed by atoms with van der Waals surface area (Å²) in [5.41, 5.74) is -0.363. The van der Waals surface area contributed by atoms with E-state index in [0.717, 1.165) is 31.6 Å². The number of nitrogens with one attached hydrogen (secondary N) is 1. The number of carbonyl (C=O) groups is 1. The molecule has 0 radical (unpaired) electrons. The second-order valence-corrected chi connectivity index (χ2v) is 7.11. The Morgan fingerprint density at radius 1 is 1.27 bits per heavy atom. The topological polar surface area (TPSA) is 41.6 Å². The summed E-state index contributed by atoms with van der Waals surface area (Å²) in [7, 11) is 0. The highest BCUT2D eigenvalue weighted by molar-refractivity contribution is 5.78. The maximum Gasteiger partial charge on any atom is 0.416 e. The summed E-state index contributed by atoms with van der Waals surface area (Å²) in [6, 6.07) is 5.14. The van der Waals surface area contributed by atoms with Crippen LogP contribution in [0.5, 0.6) is 0 Å². The summed E-state index contributed by atoms with van der Waals surface area (Å²) in [5, 5.41) is 2.89. The third kappa shape index (κ3) is 6.61. The SMILES string of the molecule is CC(C)CC(CNC(=O)Cc1cccc(C(F)(F)F)c1)N1CCOCC1. The van der Waals surface area contributed by atoms with E-state index >= 15 is 0 Å². The number of nitrogens with zero attached hydrogens (tertiary/aromatic N) is 1. The minimum absolute atomic E-state index is 0.0541. The lowest BCUT2D eigenvalue weighted by Crippen LogP contribution is -2.49. The molecule has 146 valence electrons. The van der Waals surface area contributed by atoms with Crippen molar-refractivity contribution in [3.63, 3.8) is 0 Å². The molecule has 1 saturated heterocycles. The van der Waals surface area contributed by atoms with E-state index in [1.807, 2.05) is 0 Å². The van der Waals surface area contributed by atoms with Crippen molar-refractivity contribution in [1.82, 2.24) is 10.2 Å². The standard InChI is InChI=1S/C19H27F3N2O2/c1-14(2)10-17(24-6-8-26-9-7-24)13-23-18(25)12-15-4-3-5-16(11-15)19(20,21)22/h3-5,11,14,17H,6-10,12-13H2,1-2H3,(H,23,25). The maximum atomic E-state index is 12.8. The van der Waals surface area contributed by atoms with Gasteiger partial charge in [0.2, 0.25) is 5.91 Å². The summed E-state index contributed by atoms with van der Waals surface area (Å²) >= 11 is 0. The van der Waals surface area contributed by atoms with Crippen molar-refractivity contribution in [2.75, 3.05) is 32.8 Å². The van der Waals surface area contributed by atoms with Crippen molar-refractivity contribution in [3.8, 4) is 0 Å². The first-order valence-electron chi connectivity index (χ1n) is 9.00. The monoisotopic (exact) mass is 372 g/mol. The number of hydrogen-bond donors (Lipinski definition) is 1. The van der Waals surface area contributed by atoms with Crippen LogP contribution in [0, 0.1) is 5.92 Å². The average molecular weight is 372 g/mol. The molecule has 26 heavy (non-hydrogen) atoms. The highest BCUT2D eigenvalue weighted by Crippen LogP contribution is 2.29. The van der Waals surface area contributed by atoms with Gasteiger partial charge in [0.05, 0.1) is 25.2 Å². The number of rotatable bonds is 7. The Kier molecular flexibility index (Phi) is 7.46. The van der Waals surface area contributed by atoms with Gasteiger partial charge in [0.15, 0.2) is 0 Å². The molecule has 0 spiro atoms. The molecular weight excluding hydrogens is 345 g/mol. The zero-order chi connectivity index (χ0) is 19.2. The predicted molar refractivity (Wildman–Crippen MR) is 93.8 cm³/mol. The minimum atomic E-state index is -4.40. The lowest BCUT2D eigenvalue weighted by molar-refractivity contribution is -0.137. The van der Waals surface area contributed by atoms with Gasteiger partial charge in [-0.3, -0.25) is 9.69 Å². The fourth-order valence-electron chi connectivity index (χ4n) is 3.19. The van der Waals surface area contributed by atoms with Crippen LogP contribution in [0.25, 0.3) is 0 Å². The molecule has 1 heterocycles. The van der Waals surface area contributed by atoms with Crippen LogP contribution in [-0.2, 0) is 22.1 Å². The predicted octanol–water partition coefficient (Wildman–Crippen LogP) is 3.11. The van der Waals surface area contributed by atoms with Crippen molar-refractivity contribution in [1.29, 1.82) is 0 Å². The minimum Gasteiger partial charge on any atom is -0.379 e. The zero-order valence-corrected chi connectivity index (χ0v) is 15.3. The molecule has 1 fully saturated rings. The summed E-state index contributed by atoms with van der Waals surface area (Å²) < 4.78 is 43.7. The summed E-state index contributed by atoms with van der Waals surface area (Å²) in [6.45, 7) is 7.81. The van der Waals surface area contributed by atoms with E-state index in [1.165, 1.54) is 6.07 Å². The molecule has 1 aromatic rings. The van der Waals surface area contributed by atoms with Crippen LogP contribution in [0.2, 0.25) is 0 Å². The lowest BCUT2D eigenvalue weighted by atomic mass is 10.0. The van der Waals surface area contributed by atoms with Gasteiger partial charge >= 0.3 is 6.18 Å². The van der Waals surface area contributed by atoms with Gasteiger partial charge in [-0.15, -0.1) is 0 Å². The molecule has 1 atom stereocenters. The number of halogens is 3. The van der Waals surface area contributed by atoms with Crippen LogP contribution in [0.1, 0.15) is 31.4 Å². The van der Waals surface area contributed by atoms with Crippen LogP contribution in [0.4, 0.5) is 13.2 Å². The molecule has 1 amide bonds. The Balaban J connectivity index is 1.91. The van der Waals surface area contributed by atoms with E-state index in [1.54, 1.807) is 6.07 Å². The van der Waals surface area contributed by atoms with Gasteiger partial charge in [-0.05, 0) is 24.0 Å². The van der Waals surface area contributed by atoms with Crippen LogP contribution in [-0.4, -0.2) is 49.7 Å². The number of benzene rings is 1.